The normalized spacial score (nSPS) is 19.9. The van der Waals surface area contributed by atoms with Crippen LogP contribution < -0.4 is 5.32 Å². The van der Waals surface area contributed by atoms with Gasteiger partial charge in [0.1, 0.15) is 0 Å². The molecule has 21 heavy (non-hydrogen) atoms. The molecule has 0 heterocycles. The van der Waals surface area contributed by atoms with Gasteiger partial charge in [-0.05, 0) is 30.6 Å². The number of nitrogens with one attached hydrogen (secondary N) is 1. The molecule has 1 rings (SSSR count). The number of hydrogen-bond acceptors (Lipinski definition) is 2. The molecule has 1 aliphatic carbocycles. The maximum Gasteiger partial charge on any atom is 0.00956 e. The Hall–Kier alpha value is -0.0800. The summed E-state index contributed by atoms with van der Waals surface area (Å²) in [6.45, 7) is 17.8. The van der Waals surface area contributed by atoms with Crippen LogP contribution in [0.15, 0.2) is 0 Å². The minimum absolute atomic E-state index is 0.413. The van der Waals surface area contributed by atoms with Gasteiger partial charge >= 0.3 is 0 Å². The van der Waals surface area contributed by atoms with E-state index in [-0.39, 0.29) is 0 Å². The Bertz CT molecular complexity index is 269. The van der Waals surface area contributed by atoms with Crippen LogP contribution in [0.25, 0.3) is 0 Å². The number of nitrogens with zero attached hydrogens (tertiary/aromatic N) is 1. The van der Waals surface area contributed by atoms with E-state index in [4.69, 9.17) is 0 Å². The van der Waals surface area contributed by atoms with Crippen molar-refractivity contribution < 1.29 is 0 Å². The molecule has 1 aliphatic rings. The highest BCUT2D eigenvalue weighted by Gasteiger charge is 2.31. The van der Waals surface area contributed by atoms with Crippen LogP contribution in [-0.2, 0) is 0 Å². The van der Waals surface area contributed by atoms with E-state index in [9.17, 15) is 0 Å². The summed E-state index contributed by atoms with van der Waals surface area (Å²) in [5.74, 6) is 0.773. The molecule has 1 atom stereocenters. The molecule has 0 amide bonds. The molecular formula is C19H40N2. The van der Waals surface area contributed by atoms with Gasteiger partial charge < -0.3 is 5.32 Å². The lowest BCUT2D eigenvalue weighted by atomic mass is 9.83. The molecule has 2 nitrogen and oxygen atoms in total. The van der Waals surface area contributed by atoms with E-state index in [1.54, 1.807) is 0 Å². The standard InChI is InChI=1S/C19H40N2/c1-7-12-19(6,14-20-17(4)5)15-21(13-16(2)3)18-10-8-9-11-18/h16-18,20H,7-15H2,1-6H3. The van der Waals surface area contributed by atoms with Crippen molar-refractivity contribution in [2.45, 2.75) is 92.2 Å². The summed E-state index contributed by atoms with van der Waals surface area (Å²) in [4.78, 5) is 2.83. The zero-order chi connectivity index (χ0) is 15.9. The van der Waals surface area contributed by atoms with Gasteiger partial charge in [0.05, 0.1) is 0 Å². The quantitative estimate of drug-likeness (QED) is 0.629. The molecule has 126 valence electrons. The fourth-order valence-corrected chi connectivity index (χ4v) is 3.85. The molecule has 1 unspecified atom stereocenters. The Morgan fingerprint density at radius 2 is 1.76 bits per heavy atom. The Balaban J connectivity index is 2.69. The van der Waals surface area contributed by atoms with Crippen LogP contribution in [0.5, 0.6) is 0 Å². The molecular weight excluding hydrogens is 256 g/mol. The third-order valence-electron chi connectivity index (χ3n) is 4.82. The molecule has 0 aliphatic heterocycles. The number of rotatable bonds is 10. The molecule has 0 aromatic heterocycles. The first kappa shape index (κ1) is 19.0. The van der Waals surface area contributed by atoms with Gasteiger partial charge in [0.15, 0.2) is 0 Å². The maximum atomic E-state index is 3.69. The van der Waals surface area contributed by atoms with Crippen molar-refractivity contribution in [1.82, 2.24) is 10.2 Å². The van der Waals surface area contributed by atoms with Gasteiger partial charge in [0.2, 0.25) is 0 Å². The second kappa shape index (κ2) is 9.15. The van der Waals surface area contributed by atoms with Gasteiger partial charge in [-0.1, -0.05) is 60.8 Å². The van der Waals surface area contributed by atoms with Gasteiger partial charge in [-0.15, -0.1) is 0 Å². The van der Waals surface area contributed by atoms with Gasteiger partial charge in [-0.25, -0.2) is 0 Å². The molecule has 0 radical (unpaired) electrons. The second-order valence-corrected chi connectivity index (χ2v) is 8.36. The Morgan fingerprint density at radius 3 is 2.24 bits per heavy atom. The molecule has 1 saturated carbocycles. The van der Waals surface area contributed by atoms with E-state index < -0.39 is 0 Å². The Morgan fingerprint density at radius 1 is 1.14 bits per heavy atom. The summed E-state index contributed by atoms with van der Waals surface area (Å²) in [5, 5.41) is 3.69. The third kappa shape index (κ3) is 7.15. The first-order chi connectivity index (χ1) is 9.86. The lowest BCUT2D eigenvalue weighted by Gasteiger charge is -2.40. The predicted molar refractivity (Wildman–Crippen MR) is 94.8 cm³/mol. The van der Waals surface area contributed by atoms with Crippen molar-refractivity contribution >= 4 is 0 Å². The van der Waals surface area contributed by atoms with Crippen LogP contribution in [0.1, 0.15) is 80.1 Å². The van der Waals surface area contributed by atoms with Crippen molar-refractivity contribution in [2.24, 2.45) is 11.3 Å². The summed E-state index contributed by atoms with van der Waals surface area (Å²) >= 11 is 0. The third-order valence-corrected chi connectivity index (χ3v) is 4.82. The topological polar surface area (TPSA) is 15.3 Å². The first-order valence-corrected chi connectivity index (χ1v) is 9.33. The van der Waals surface area contributed by atoms with E-state index >= 15 is 0 Å². The summed E-state index contributed by atoms with van der Waals surface area (Å²) in [7, 11) is 0. The molecule has 0 saturated heterocycles. The lowest BCUT2D eigenvalue weighted by Crippen LogP contribution is -2.47. The smallest absolute Gasteiger partial charge is 0.00956 e. The zero-order valence-corrected chi connectivity index (χ0v) is 15.5. The highest BCUT2D eigenvalue weighted by molar-refractivity contribution is 4.86. The lowest BCUT2D eigenvalue weighted by molar-refractivity contribution is 0.0974. The zero-order valence-electron chi connectivity index (χ0n) is 15.5. The van der Waals surface area contributed by atoms with E-state index in [1.807, 2.05) is 0 Å². The predicted octanol–water partition coefficient (Wildman–Crippen LogP) is 4.69. The van der Waals surface area contributed by atoms with Gasteiger partial charge in [0.25, 0.3) is 0 Å². The van der Waals surface area contributed by atoms with E-state index in [0.717, 1.165) is 18.5 Å². The second-order valence-electron chi connectivity index (χ2n) is 8.36. The highest BCUT2D eigenvalue weighted by atomic mass is 15.2. The SMILES string of the molecule is CCCC(C)(CNC(C)C)CN(CC(C)C)C1CCCC1. The van der Waals surface area contributed by atoms with Crippen molar-refractivity contribution in [3.05, 3.63) is 0 Å². The molecule has 0 aromatic rings. The van der Waals surface area contributed by atoms with Crippen molar-refractivity contribution in [3.63, 3.8) is 0 Å². The molecule has 0 aromatic carbocycles. The summed E-state index contributed by atoms with van der Waals surface area (Å²) in [6, 6.07) is 1.44. The fraction of sp³-hybridized carbons (Fsp3) is 1.00. The molecule has 1 fully saturated rings. The average molecular weight is 297 g/mol. The fourth-order valence-electron chi connectivity index (χ4n) is 3.85. The van der Waals surface area contributed by atoms with Gasteiger partial charge in [-0.3, -0.25) is 4.90 Å². The van der Waals surface area contributed by atoms with Crippen LogP contribution in [0.3, 0.4) is 0 Å². The average Bonchev–Trinajstić information content (AvgIpc) is 2.89. The van der Waals surface area contributed by atoms with E-state index in [1.165, 1.54) is 51.6 Å². The largest absolute Gasteiger partial charge is 0.314 e. The van der Waals surface area contributed by atoms with Crippen LogP contribution in [0.2, 0.25) is 0 Å². The Labute approximate surface area is 134 Å². The maximum absolute atomic E-state index is 3.69. The first-order valence-electron chi connectivity index (χ1n) is 9.33. The molecule has 1 N–H and O–H groups in total. The molecule has 2 heteroatoms. The van der Waals surface area contributed by atoms with Gasteiger partial charge in [0, 0.05) is 31.7 Å². The van der Waals surface area contributed by atoms with Crippen molar-refractivity contribution in [3.8, 4) is 0 Å². The summed E-state index contributed by atoms with van der Waals surface area (Å²) < 4.78 is 0. The highest BCUT2D eigenvalue weighted by Crippen LogP contribution is 2.30. The minimum atomic E-state index is 0.413. The summed E-state index contributed by atoms with van der Waals surface area (Å²) in [6.07, 6.45) is 8.34. The molecule has 0 spiro atoms. The van der Waals surface area contributed by atoms with Crippen LogP contribution in [0.4, 0.5) is 0 Å². The van der Waals surface area contributed by atoms with Crippen LogP contribution >= 0.6 is 0 Å². The monoisotopic (exact) mass is 296 g/mol. The van der Waals surface area contributed by atoms with E-state index in [0.29, 0.717) is 11.5 Å². The van der Waals surface area contributed by atoms with Gasteiger partial charge in [-0.2, -0.15) is 0 Å². The molecule has 0 bridgehead atoms. The van der Waals surface area contributed by atoms with E-state index in [2.05, 4.69) is 51.8 Å². The van der Waals surface area contributed by atoms with Crippen LogP contribution in [0, 0.1) is 11.3 Å². The Kier molecular flexibility index (Phi) is 8.26. The van der Waals surface area contributed by atoms with Crippen molar-refractivity contribution in [1.29, 1.82) is 0 Å². The van der Waals surface area contributed by atoms with Crippen molar-refractivity contribution in [2.75, 3.05) is 19.6 Å². The summed E-state index contributed by atoms with van der Waals surface area (Å²) in [5.41, 5.74) is 0.413. The minimum Gasteiger partial charge on any atom is -0.314 e. The number of hydrogen-bond donors (Lipinski definition) is 1. The van der Waals surface area contributed by atoms with Crippen LogP contribution in [-0.4, -0.2) is 36.6 Å².